The normalized spacial score (nSPS) is 10.7. The molecule has 1 amide bonds. The Bertz CT molecular complexity index is 1760. The highest BCUT2D eigenvalue weighted by atomic mass is 35.5. The number of halogens is 1. The number of anilines is 1. The van der Waals surface area contributed by atoms with E-state index in [0.717, 1.165) is 16.9 Å². The third kappa shape index (κ3) is 6.26. The second-order valence-electron chi connectivity index (χ2n) is 9.05. The maximum atomic E-state index is 12.8. The molecule has 0 saturated heterocycles. The molecule has 0 spiro atoms. The Morgan fingerprint density at radius 2 is 1.31 bits per heavy atom. The summed E-state index contributed by atoms with van der Waals surface area (Å²) < 4.78 is 21.0. The van der Waals surface area contributed by atoms with Crippen LogP contribution in [0.4, 0.5) is 5.69 Å². The van der Waals surface area contributed by atoms with Crippen molar-refractivity contribution in [3.05, 3.63) is 95.5 Å². The molecule has 0 aliphatic rings. The molecular formula is C32H26ClN3O6. The van der Waals surface area contributed by atoms with Gasteiger partial charge < -0.3 is 24.3 Å². The number of esters is 1. The van der Waals surface area contributed by atoms with E-state index in [9.17, 15) is 9.59 Å². The van der Waals surface area contributed by atoms with E-state index in [2.05, 4.69) is 5.32 Å². The number of ether oxygens (including phenoxy) is 4. The molecule has 0 atom stereocenters. The number of fused-ring (bicyclic) bond motifs is 1. The first-order valence-corrected chi connectivity index (χ1v) is 13.2. The molecule has 5 aromatic rings. The fourth-order valence-corrected chi connectivity index (χ4v) is 4.49. The van der Waals surface area contributed by atoms with E-state index in [0.29, 0.717) is 44.6 Å². The molecule has 0 saturated carbocycles. The summed E-state index contributed by atoms with van der Waals surface area (Å²) >= 11 is 6.11. The number of hydrogen-bond donors (Lipinski definition) is 1. The zero-order valence-corrected chi connectivity index (χ0v) is 23.8. The summed E-state index contributed by atoms with van der Waals surface area (Å²) in [7, 11) is 4.71. The van der Waals surface area contributed by atoms with Crippen molar-refractivity contribution >= 4 is 40.2 Å². The molecule has 0 bridgehead atoms. The van der Waals surface area contributed by atoms with E-state index in [1.807, 2.05) is 48.5 Å². The predicted octanol–water partition coefficient (Wildman–Crippen LogP) is 6.44. The van der Waals surface area contributed by atoms with Gasteiger partial charge in [-0.2, -0.15) is 0 Å². The number of rotatable bonds is 9. The molecule has 9 nitrogen and oxygen atoms in total. The lowest BCUT2D eigenvalue weighted by atomic mass is 10.0. The largest absolute Gasteiger partial charge is 0.497 e. The number of methoxy groups -OCH3 is 3. The fraction of sp³-hybridized carbons (Fsp3) is 0.125. The molecule has 5 rings (SSSR count). The molecule has 212 valence electrons. The maximum Gasteiger partial charge on any atom is 0.338 e. The van der Waals surface area contributed by atoms with Gasteiger partial charge in [-0.15, -0.1) is 0 Å². The smallest absolute Gasteiger partial charge is 0.338 e. The average Bonchev–Trinajstić information content (AvgIpc) is 3.03. The van der Waals surface area contributed by atoms with Gasteiger partial charge in [-0.25, -0.2) is 14.8 Å². The number of carbonyl (C=O) groups is 2. The summed E-state index contributed by atoms with van der Waals surface area (Å²) in [4.78, 5) is 35.0. The number of amides is 1. The Hall–Kier alpha value is -5.15. The first-order chi connectivity index (χ1) is 20.4. The maximum absolute atomic E-state index is 12.8. The van der Waals surface area contributed by atoms with Gasteiger partial charge in [-0.3, -0.25) is 4.79 Å². The van der Waals surface area contributed by atoms with Crippen LogP contribution in [0.1, 0.15) is 10.4 Å². The molecule has 0 aliphatic heterocycles. The Morgan fingerprint density at radius 1 is 0.714 bits per heavy atom. The summed E-state index contributed by atoms with van der Waals surface area (Å²) in [6, 6.07) is 24.7. The summed E-state index contributed by atoms with van der Waals surface area (Å²) in [6.45, 7) is -0.486. The van der Waals surface area contributed by atoms with Gasteiger partial charge >= 0.3 is 5.97 Å². The van der Waals surface area contributed by atoms with E-state index in [4.69, 9.17) is 40.5 Å². The first kappa shape index (κ1) is 28.4. The van der Waals surface area contributed by atoms with Gasteiger partial charge in [0.2, 0.25) is 0 Å². The van der Waals surface area contributed by atoms with Crippen molar-refractivity contribution in [2.24, 2.45) is 0 Å². The highest BCUT2D eigenvalue weighted by Gasteiger charge is 2.17. The van der Waals surface area contributed by atoms with Crippen LogP contribution in [0.3, 0.4) is 0 Å². The van der Waals surface area contributed by atoms with Gasteiger partial charge in [0.25, 0.3) is 5.91 Å². The van der Waals surface area contributed by atoms with Crippen molar-refractivity contribution < 1.29 is 28.5 Å². The summed E-state index contributed by atoms with van der Waals surface area (Å²) in [5, 5.41) is 2.98. The number of nitrogens with zero attached hydrogens (tertiary/aromatic N) is 2. The summed E-state index contributed by atoms with van der Waals surface area (Å²) in [5.41, 5.74) is 4.72. The molecule has 42 heavy (non-hydrogen) atoms. The van der Waals surface area contributed by atoms with Crippen molar-refractivity contribution in [3.63, 3.8) is 0 Å². The minimum Gasteiger partial charge on any atom is -0.497 e. The van der Waals surface area contributed by atoms with Crippen LogP contribution in [0, 0.1) is 0 Å². The van der Waals surface area contributed by atoms with Crippen molar-refractivity contribution in [3.8, 4) is 39.8 Å². The van der Waals surface area contributed by atoms with Gasteiger partial charge in [-0.1, -0.05) is 11.6 Å². The topological polar surface area (TPSA) is 109 Å². The van der Waals surface area contributed by atoms with Gasteiger partial charge in [0.15, 0.2) is 6.61 Å². The molecule has 1 aromatic heterocycles. The minimum atomic E-state index is -0.674. The van der Waals surface area contributed by atoms with E-state index in [1.54, 1.807) is 50.6 Å². The number of aromatic nitrogens is 2. The van der Waals surface area contributed by atoms with E-state index < -0.39 is 18.5 Å². The monoisotopic (exact) mass is 583 g/mol. The average molecular weight is 584 g/mol. The zero-order valence-electron chi connectivity index (χ0n) is 23.0. The number of benzene rings is 4. The van der Waals surface area contributed by atoms with Gasteiger partial charge in [0.1, 0.15) is 17.2 Å². The molecule has 0 aliphatic carbocycles. The molecule has 4 aromatic carbocycles. The van der Waals surface area contributed by atoms with Crippen molar-refractivity contribution in [1.82, 2.24) is 9.97 Å². The van der Waals surface area contributed by atoms with E-state index >= 15 is 0 Å². The van der Waals surface area contributed by atoms with Crippen LogP contribution in [0.5, 0.6) is 17.2 Å². The van der Waals surface area contributed by atoms with Crippen LogP contribution in [0.2, 0.25) is 5.02 Å². The van der Waals surface area contributed by atoms with Crippen LogP contribution in [-0.4, -0.2) is 49.8 Å². The third-order valence-corrected chi connectivity index (χ3v) is 6.69. The SMILES string of the molecule is COc1ccc(-c2nc3ccc(C(=O)OCC(=O)Nc4ccc(OC)c(Cl)c4)cc3nc2-c2ccc(OC)cc2)cc1. The van der Waals surface area contributed by atoms with Crippen LogP contribution in [-0.2, 0) is 9.53 Å². The van der Waals surface area contributed by atoms with Crippen LogP contribution in [0.15, 0.2) is 84.9 Å². The highest BCUT2D eigenvalue weighted by molar-refractivity contribution is 6.32. The molecule has 0 radical (unpaired) electrons. The Balaban J connectivity index is 1.40. The molecule has 0 fully saturated rings. The lowest BCUT2D eigenvalue weighted by molar-refractivity contribution is -0.119. The Kier molecular flexibility index (Phi) is 8.50. The summed E-state index contributed by atoms with van der Waals surface area (Å²) in [5.74, 6) is 0.723. The standard InChI is InChI=1S/C32H26ClN3O6/c1-39-23-10-4-19(5-11-23)30-31(20-6-12-24(40-2)13-7-20)36-27-16-21(8-14-26(27)35-30)32(38)42-18-29(37)34-22-9-15-28(41-3)25(33)17-22/h4-17H,18H2,1-3H3,(H,34,37). The van der Waals surface area contributed by atoms with Crippen LogP contribution >= 0.6 is 11.6 Å². The number of hydrogen-bond acceptors (Lipinski definition) is 8. The lowest BCUT2D eigenvalue weighted by Gasteiger charge is -2.12. The molecule has 0 unspecified atom stereocenters. The van der Waals surface area contributed by atoms with E-state index in [-0.39, 0.29) is 5.56 Å². The zero-order chi connectivity index (χ0) is 29.6. The van der Waals surface area contributed by atoms with Gasteiger partial charge in [-0.05, 0) is 84.9 Å². The van der Waals surface area contributed by atoms with Crippen LogP contribution in [0.25, 0.3) is 33.5 Å². The van der Waals surface area contributed by atoms with Crippen LogP contribution < -0.4 is 19.5 Å². The fourth-order valence-electron chi connectivity index (χ4n) is 4.24. The first-order valence-electron chi connectivity index (χ1n) is 12.8. The Morgan fingerprint density at radius 3 is 1.86 bits per heavy atom. The highest BCUT2D eigenvalue weighted by Crippen LogP contribution is 2.33. The van der Waals surface area contributed by atoms with Crippen molar-refractivity contribution in [2.75, 3.05) is 33.3 Å². The van der Waals surface area contributed by atoms with Crippen molar-refractivity contribution in [1.29, 1.82) is 0 Å². The third-order valence-electron chi connectivity index (χ3n) is 6.40. The predicted molar refractivity (Wildman–Crippen MR) is 160 cm³/mol. The van der Waals surface area contributed by atoms with Gasteiger partial charge in [0, 0.05) is 16.8 Å². The lowest BCUT2D eigenvalue weighted by Crippen LogP contribution is -2.21. The molecular weight excluding hydrogens is 558 g/mol. The number of carbonyl (C=O) groups excluding carboxylic acids is 2. The van der Waals surface area contributed by atoms with Gasteiger partial charge in [0.05, 0.1) is 54.3 Å². The Labute approximate surface area is 247 Å². The quantitative estimate of drug-likeness (QED) is 0.198. The molecule has 10 heteroatoms. The van der Waals surface area contributed by atoms with Crippen molar-refractivity contribution in [2.45, 2.75) is 0 Å². The second kappa shape index (κ2) is 12.6. The van der Waals surface area contributed by atoms with E-state index in [1.165, 1.54) is 7.11 Å². The molecule has 1 heterocycles. The molecule has 1 N–H and O–H groups in total. The number of nitrogens with one attached hydrogen (secondary N) is 1. The minimum absolute atomic E-state index is 0.231. The summed E-state index contributed by atoms with van der Waals surface area (Å²) in [6.07, 6.45) is 0. The second-order valence-corrected chi connectivity index (χ2v) is 9.46.